The first-order valence-electron chi connectivity index (χ1n) is 10.7. The highest BCUT2D eigenvalue weighted by atomic mass is 16.5. The second-order valence-corrected chi connectivity index (χ2v) is 7.27. The van der Waals surface area contributed by atoms with Gasteiger partial charge < -0.3 is 19.7 Å². The van der Waals surface area contributed by atoms with E-state index in [0.717, 1.165) is 23.1 Å². The van der Waals surface area contributed by atoms with E-state index in [-0.39, 0.29) is 18.8 Å². The molecule has 0 radical (unpaired) electrons. The van der Waals surface area contributed by atoms with E-state index in [1.165, 1.54) is 5.56 Å². The molecule has 0 bridgehead atoms. The molecule has 0 amide bonds. The summed E-state index contributed by atoms with van der Waals surface area (Å²) in [5.41, 5.74) is 4.63. The van der Waals surface area contributed by atoms with Gasteiger partial charge in [0.1, 0.15) is 11.8 Å². The Morgan fingerprint density at radius 1 is 1.13 bits per heavy atom. The summed E-state index contributed by atoms with van der Waals surface area (Å²) in [6.45, 7) is 5.99. The van der Waals surface area contributed by atoms with Gasteiger partial charge in [-0.3, -0.25) is 0 Å². The Morgan fingerprint density at radius 3 is 2.37 bits per heavy atom. The molecule has 5 heteroatoms. The Balaban J connectivity index is 0.00000155. The van der Waals surface area contributed by atoms with Crippen LogP contribution in [0.25, 0.3) is 0 Å². The first kappa shape index (κ1) is 23.9. The summed E-state index contributed by atoms with van der Waals surface area (Å²) in [5, 5.41) is 29.3. The minimum atomic E-state index is -0.525. The number of aliphatic hydroxyl groups is 2. The zero-order valence-corrected chi connectivity index (χ0v) is 18.4. The van der Waals surface area contributed by atoms with Crippen molar-refractivity contribution in [2.24, 2.45) is 0 Å². The molecule has 162 valence electrons. The van der Waals surface area contributed by atoms with Gasteiger partial charge in [0.15, 0.2) is 0 Å². The van der Waals surface area contributed by atoms with Crippen LogP contribution in [-0.4, -0.2) is 36.1 Å². The third-order valence-electron chi connectivity index (χ3n) is 5.32. The fourth-order valence-corrected chi connectivity index (χ4v) is 3.75. The molecule has 3 rings (SSSR count). The second kappa shape index (κ2) is 11.7. The van der Waals surface area contributed by atoms with Crippen molar-refractivity contribution in [1.82, 2.24) is 0 Å². The van der Waals surface area contributed by atoms with Gasteiger partial charge in [-0.2, -0.15) is 5.26 Å². The van der Waals surface area contributed by atoms with E-state index in [0.29, 0.717) is 30.6 Å². The molecule has 0 aromatic heterocycles. The second-order valence-electron chi connectivity index (χ2n) is 7.27. The van der Waals surface area contributed by atoms with Crippen LogP contribution in [0.1, 0.15) is 67.5 Å². The summed E-state index contributed by atoms with van der Waals surface area (Å²) in [5.74, 6) is 0.504. The smallest absolute Gasteiger partial charge is 0.137 e. The molecule has 2 aromatic rings. The Hall–Kier alpha value is -2.39. The SMILES string of the molecule is CC.CCc1ccc(Cc2cc([C@H]3C[C@@H](O)C[C@@H](CO)O3)cc(OC)c2C#N)cc1. The molecular formula is C25H33NO4. The number of nitriles is 1. The molecule has 30 heavy (non-hydrogen) atoms. The van der Waals surface area contributed by atoms with Crippen molar-refractivity contribution in [2.45, 2.75) is 64.8 Å². The number of hydrogen-bond acceptors (Lipinski definition) is 5. The van der Waals surface area contributed by atoms with E-state index < -0.39 is 6.10 Å². The molecule has 1 fully saturated rings. The van der Waals surface area contributed by atoms with E-state index >= 15 is 0 Å². The quantitative estimate of drug-likeness (QED) is 0.740. The summed E-state index contributed by atoms with van der Waals surface area (Å²) in [6.07, 6.45) is 1.22. The maximum atomic E-state index is 10.1. The lowest BCUT2D eigenvalue weighted by molar-refractivity contribution is -0.113. The van der Waals surface area contributed by atoms with Gasteiger partial charge in [-0.05, 0) is 41.2 Å². The molecule has 5 nitrogen and oxygen atoms in total. The summed E-state index contributed by atoms with van der Waals surface area (Å²) < 4.78 is 11.4. The van der Waals surface area contributed by atoms with Gasteiger partial charge in [0.05, 0.1) is 37.6 Å². The van der Waals surface area contributed by atoms with Crippen molar-refractivity contribution in [3.8, 4) is 11.8 Å². The Bertz CT molecular complexity index is 841. The number of benzene rings is 2. The summed E-state index contributed by atoms with van der Waals surface area (Å²) >= 11 is 0. The molecule has 1 saturated heterocycles. The van der Waals surface area contributed by atoms with E-state index in [1.54, 1.807) is 13.2 Å². The molecular weight excluding hydrogens is 378 g/mol. The zero-order valence-electron chi connectivity index (χ0n) is 18.4. The first-order valence-corrected chi connectivity index (χ1v) is 10.7. The van der Waals surface area contributed by atoms with Crippen LogP contribution < -0.4 is 4.74 Å². The maximum absolute atomic E-state index is 10.1. The molecule has 1 heterocycles. The fourth-order valence-electron chi connectivity index (χ4n) is 3.75. The average molecular weight is 412 g/mol. The maximum Gasteiger partial charge on any atom is 0.137 e. The van der Waals surface area contributed by atoms with Crippen LogP contribution >= 0.6 is 0 Å². The number of aliphatic hydroxyl groups excluding tert-OH is 2. The van der Waals surface area contributed by atoms with E-state index in [9.17, 15) is 15.5 Å². The van der Waals surface area contributed by atoms with Gasteiger partial charge >= 0.3 is 0 Å². The predicted molar refractivity (Wildman–Crippen MR) is 118 cm³/mol. The Kier molecular flexibility index (Phi) is 9.32. The van der Waals surface area contributed by atoms with Crippen molar-refractivity contribution < 1.29 is 19.7 Å². The fraction of sp³-hybridized carbons (Fsp3) is 0.480. The van der Waals surface area contributed by atoms with Crippen molar-refractivity contribution in [3.63, 3.8) is 0 Å². The number of rotatable bonds is 6. The van der Waals surface area contributed by atoms with Crippen LogP contribution in [0, 0.1) is 11.3 Å². The number of nitrogens with zero attached hydrogens (tertiary/aromatic N) is 1. The van der Waals surface area contributed by atoms with Crippen molar-refractivity contribution in [2.75, 3.05) is 13.7 Å². The standard InChI is InChI=1S/C23H27NO4.C2H6/c1-3-15-4-6-16(7-5-15)8-17-9-18(10-23(27-2)21(17)13-24)22-12-19(26)11-20(14-25)28-22;1-2/h4-7,9-10,19-20,22,25-26H,3,8,11-12,14H2,1-2H3;1-2H3/t19-,20-,22+;/m0./s1. The average Bonchev–Trinajstić information content (AvgIpc) is 2.79. The number of methoxy groups -OCH3 is 1. The normalized spacial score (nSPS) is 20.6. The minimum absolute atomic E-state index is 0.127. The lowest BCUT2D eigenvalue weighted by atomic mass is 9.91. The third kappa shape index (κ3) is 5.82. The number of ether oxygens (including phenoxy) is 2. The molecule has 0 spiro atoms. The highest BCUT2D eigenvalue weighted by molar-refractivity contribution is 5.53. The third-order valence-corrected chi connectivity index (χ3v) is 5.32. The summed E-state index contributed by atoms with van der Waals surface area (Å²) in [6, 6.07) is 14.4. The van der Waals surface area contributed by atoms with Crippen LogP contribution in [-0.2, 0) is 17.6 Å². The lowest BCUT2D eigenvalue weighted by Crippen LogP contribution is -2.33. The van der Waals surface area contributed by atoms with E-state index in [2.05, 4.69) is 37.3 Å². The van der Waals surface area contributed by atoms with Gasteiger partial charge in [0, 0.05) is 12.8 Å². The van der Waals surface area contributed by atoms with E-state index in [4.69, 9.17) is 9.47 Å². The highest BCUT2D eigenvalue weighted by Crippen LogP contribution is 2.36. The van der Waals surface area contributed by atoms with Gasteiger partial charge in [0.25, 0.3) is 0 Å². The monoisotopic (exact) mass is 411 g/mol. The van der Waals surface area contributed by atoms with Gasteiger partial charge in [-0.15, -0.1) is 0 Å². The van der Waals surface area contributed by atoms with Crippen molar-refractivity contribution in [1.29, 1.82) is 5.26 Å². The van der Waals surface area contributed by atoms with Crippen molar-refractivity contribution >= 4 is 0 Å². The highest BCUT2D eigenvalue weighted by Gasteiger charge is 2.30. The van der Waals surface area contributed by atoms with Crippen LogP contribution in [0.5, 0.6) is 5.75 Å². The van der Waals surface area contributed by atoms with E-state index in [1.807, 2.05) is 19.9 Å². The lowest BCUT2D eigenvalue weighted by Gasteiger charge is -2.33. The van der Waals surface area contributed by atoms with Gasteiger partial charge in [0.2, 0.25) is 0 Å². The van der Waals surface area contributed by atoms with Crippen molar-refractivity contribution in [3.05, 3.63) is 64.2 Å². The topological polar surface area (TPSA) is 82.7 Å². The first-order chi connectivity index (χ1) is 14.6. The van der Waals surface area contributed by atoms with Crippen LogP contribution in [0.3, 0.4) is 0 Å². The van der Waals surface area contributed by atoms with Gasteiger partial charge in [-0.1, -0.05) is 51.1 Å². The van der Waals surface area contributed by atoms with Crippen LogP contribution in [0.15, 0.2) is 36.4 Å². The Morgan fingerprint density at radius 2 is 1.80 bits per heavy atom. The number of aryl methyl sites for hydroxylation is 1. The predicted octanol–water partition coefficient (Wildman–Crippen LogP) is 4.32. The molecule has 0 aliphatic carbocycles. The molecule has 1 aliphatic rings. The molecule has 2 N–H and O–H groups in total. The minimum Gasteiger partial charge on any atom is -0.495 e. The molecule has 0 unspecified atom stereocenters. The van der Waals surface area contributed by atoms with Crippen LogP contribution in [0.2, 0.25) is 0 Å². The zero-order chi connectivity index (χ0) is 22.1. The Labute approximate surface area is 179 Å². The molecule has 1 aliphatic heterocycles. The largest absolute Gasteiger partial charge is 0.495 e. The van der Waals surface area contributed by atoms with Gasteiger partial charge in [-0.25, -0.2) is 0 Å². The molecule has 2 aromatic carbocycles. The number of hydrogen-bond donors (Lipinski definition) is 2. The molecule has 3 atom stereocenters. The van der Waals surface area contributed by atoms with Crippen LogP contribution in [0.4, 0.5) is 0 Å². The molecule has 0 saturated carbocycles. The summed E-state index contributed by atoms with van der Waals surface area (Å²) in [7, 11) is 1.55. The summed E-state index contributed by atoms with van der Waals surface area (Å²) in [4.78, 5) is 0.